The molecule has 0 aromatic carbocycles. The zero-order chi connectivity index (χ0) is 14.6. The van der Waals surface area contributed by atoms with Crippen molar-refractivity contribution >= 4 is 12.0 Å². The van der Waals surface area contributed by atoms with E-state index in [-0.39, 0.29) is 18.0 Å². The number of likely N-dealkylation sites (tertiary alicyclic amines) is 1. The van der Waals surface area contributed by atoms with E-state index in [1.54, 1.807) is 16.8 Å². The number of piperidine rings is 1. The lowest BCUT2D eigenvalue weighted by atomic mass is 9.92. The lowest BCUT2D eigenvalue weighted by Gasteiger charge is -2.38. The Morgan fingerprint density at radius 1 is 1.26 bits per heavy atom. The molecule has 1 rings (SSSR count). The summed E-state index contributed by atoms with van der Waals surface area (Å²) in [5.74, 6) is -1.06. The van der Waals surface area contributed by atoms with Crippen LogP contribution in [-0.2, 0) is 4.79 Å². The van der Waals surface area contributed by atoms with E-state index in [4.69, 9.17) is 5.11 Å². The molecule has 19 heavy (non-hydrogen) atoms. The summed E-state index contributed by atoms with van der Waals surface area (Å²) in [6, 6.07) is -0.0117. The first kappa shape index (κ1) is 15.8. The summed E-state index contributed by atoms with van der Waals surface area (Å²) < 4.78 is 0. The third kappa shape index (κ3) is 4.38. The van der Waals surface area contributed by atoms with Gasteiger partial charge in [0.25, 0.3) is 0 Å². The molecule has 2 unspecified atom stereocenters. The zero-order valence-electron chi connectivity index (χ0n) is 12.3. The van der Waals surface area contributed by atoms with Gasteiger partial charge in [0.2, 0.25) is 0 Å². The number of nitrogens with zero attached hydrogens (tertiary/aromatic N) is 3. The Balaban J connectivity index is 2.51. The van der Waals surface area contributed by atoms with Crippen molar-refractivity contribution in [2.24, 2.45) is 5.92 Å². The van der Waals surface area contributed by atoms with E-state index in [1.807, 2.05) is 25.9 Å². The van der Waals surface area contributed by atoms with Crippen molar-refractivity contribution in [2.75, 3.05) is 40.8 Å². The Labute approximate surface area is 115 Å². The molecule has 0 spiro atoms. The van der Waals surface area contributed by atoms with Gasteiger partial charge >= 0.3 is 12.0 Å². The Morgan fingerprint density at radius 3 is 2.37 bits per heavy atom. The highest BCUT2D eigenvalue weighted by atomic mass is 16.4. The SMILES string of the molecule is CC1CC(C(=O)O)CCN1C(=O)N(C)CCN(C)C. The molecule has 0 bridgehead atoms. The van der Waals surface area contributed by atoms with Gasteiger partial charge in [0.05, 0.1) is 5.92 Å². The predicted octanol–water partition coefficient (Wildman–Crippen LogP) is 0.785. The summed E-state index contributed by atoms with van der Waals surface area (Å²) in [4.78, 5) is 28.8. The highest BCUT2D eigenvalue weighted by Crippen LogP contribution is 2.23. The molecule has 0 aromatic heterocycles. The van der Waals surface area contributed by atoms with Crippen LogP contribution in [-0.4, -0.2) is 78.6 Å². The van der Waals surface area contributed by atoms with Crippen LogP contribution in [0.15, 0.2) is 0 Å². The molecule has 0 aromatic rings. The minimum absolute atomic E-state index is 0.00168. The van der Waals surface area contributed by atoms with E-state index in [1.165, 1.54) is 0 Å². The lowest BCUT2D eigenvalue weighted by molar-refractivity contribution is -0.143. The number of likely N-dealkylation sites (N-methyl/N-ethyl adjacent to an activating group) is 2. The quantitative estimate of drug-likeness (QED) is 0.821. The summed E-state index contributed by atoms with van der Waals surface area (Å²) in [5.41, 5.74) is 0. The molecule has 1 heterocycles. The maximum Gasteiger partial charge on any atom is 0.320 e. The van der Waals surface area contributed by atoms with Crippen LogP contribution in [0.5, 0.6) is 0 Å². The fraction of sp³-hybridized carbons (Fsp3) is 0.846. The summed E-state index contributed by atoms with van der Waals surface area (Å²) in [6.45, 7) is 3.95. The Hall–Kier alpha value is -1.30. The van der Waals surface area contributed by atoms with Crippen LogP contribution in [0, 0.1) is 5.92 Å². The van der Waals surface area contributed by atoms with E-state index in [0.29, 0.717) is 25.9 Å². The second kappa shape index (κ2) is 6.75. The Morgan fingerprint density at radius 2 is 1.89 bits per heavy atom. The van der Waals surface area contributed by atoms with Crippen LogP contribution in [0.1, 0.15) is 19.8 Å². The number of carbonyl (C=O) groups excluding carboxylic acids is 1. The first-order chi connectivity index (χ1) is 8.82. The molecular weight excluding hydrogens is 246 g/mol. The normalized spacial score (nSPS) is 23.5. The molecule has 1 aliphatic heterocycles. The topological polar surface area (TPSA) is 64.1 Å². The summed E-state index contributed by atoms with van der Waals surface area (Å²) in [7, 11) is 5.74. The maximum atomic E-state index is 12.3. The van der Waals surface area contributed by atoms with Crippen LogP contribution >= 0.6 is 0 Å². The fourth-order valence-corrected chi connectivity index (χ4v) is 2.35. The number of hydrogen-bond donors (Lipinski definition) is 1. The van der Waals surface area contributed by atoms with Gasteiger partial charge in [0.1, 0.15) is 0 Å². The van der Waals surface area contributed by atoms with Crippen molar-refractivity contribution in [3.63, 3.8) is 0 Å². The summed E-state index contributed by atoms with van der Waals surface area (Å²) in [6.07, 6.45) is 1.09. The largest absolute Gasteiger partial charge is 0.481 e. The van der Waals surface area contributed by atoms with Crippen molar-refractivity contribution in [3.8, 4) is 0 Å². The van der Waals surface area contributed by atoms with Crippen molar-refractivity contribution < 1.29 is 14.7 Å². The van der Waals surface area contributed by atoms with Gasteiger partial charge in [0.15, 0.2) is 0 Å². The number of carboxylic acid groups (broad SMARTS) is 1. The number of aliphatic carboxylic acids is 1. The molecule has 6 nitrogen and oxygen atoms in total. The van der Waals surface area contributed by atoms with Gasteiger partial charge in [-0.15, -0.1) is 0 Å². The number of hydrogen-bond acceptors (Lipinski definition) is 3. The molecule has 0 aliphatic carbocycles. The zero-order valence-corrected chi connectivity index (χ0v) is 12.3. The van der Waals surface area contributed by atoms with Gasteiger partial charge in [0, 0.05) is 32.7 Å². The molecular formula is C13H25N3O3. The second-order valence-electron chi connectivity index (χ2n) is 5.61. The monoisotopic (exact) mass is 271 g/mol. The van der Waals surface area contributed by atoms with Crippen LogP contribution in [0.25, 0.3) is 0 Å². The van der Waals surface area contributed by atoms with Gasteiger partial charge in [-0.25, -0.2) is 4.79 Å². The Bertz CT molecular complexity index is 333. The third-order valence-electron chi connectivity index (χ3n) is 3.68. The number of carboxylic acids is 1. The molecule has 1 N–H and O–H groups in total. The van der Waals surface area contributed by atoms with Gasteiger partial charge in [-0.2, -0.15) is 0 Å². The number of urea groups is 1. The second-order valence-corrected chi connectivity index (χ2v) is 5.61. The molecule has 0 radical (unpaired) electrons. The van der Waals surface area contributed by atoms with Crippen molar-refractivity contribution in [2.45, 2.75) is 25.8 Å². The summed E-state index contributed by atoms with van der Waals surface area (Å²) in [5, 5.41) is 9.02. The minimum Gasteiger partial charge on any atom is -0.481 e. The van der Waals surface area contributed by atoms with Crippen LogP contribution in [0.2, 0.25) is 0 Å². The molecule has 6 heteroatoms. The van der Waals surface area contributed by atoms with Crippen LogP contribution in [0.4, 0.5) is 4.79 Å². The van der Waals surface area contributed by atoms with Gasteiger partial charge in [-0.05, 0) is 33.9 Å². The molecule has 0 saturated carbocycles. The molecule has 1 saturated heterocycles. The lowest BCUT2D eigenvalue weighted by Crippen LogP contribution is -2.51. The van der Waals surface area contributed by atoms with E-state index in [0.717, 1.165) is 6.54 Å². The average molecular weight is 271 g/mol. The minimum atomic E-state index is -0.750. The Kier molecular flexibility index (Phi) is 5.60. The molecule has 1 fully saturated rings. The van der Waals surface area contributed by atoms with Crippen molar-refractivity contribution in [1.82, 2.24) is 14.7 Å². The van der Waals surface area contributed by atoms with Gasteiger partial charge in [-0.1, -0.05) is 0 Å². The molecule has 2 atom stereocenters. The van der Waals surface area contributed by atoms with E-state index in [9.17, 15) is 9.59 Å². The third-order valence-corrected chi connectivity index (χ3v) is 3.68. The molecule has 1 aliphatic rings. The summed E-state index contributed by atoms with van der Waals surface area (Å²) >= 11 is 0. The van der Waals surface area contributed by atoms with Crippen LogP contribution in [0.3, 0.4) is 0 Å². The van der Waals surface area contributed by atoms with Gasteiger partial charge in [-0.3, -0.25) is 4.79 Å². The maximum absolute atomic E-state index is 12.3. The molecule has 2 amide bonds. The van der Waals surface area contributed by atoms with E-state index >= 15 is 0 Å². The van der Waals surface area contributed by atoms with Crippen molar-refractivity contribution in [3.05, 3.63) is 0 Å². The predicted molar refractivity (Wildman–Crippen MR) is 73.1 cm³/mol. The first-order valence-corrected chi connectivity index (χ1v) is 6.72. The highest BCUT2D eigenvalue weighted by Gasteiger charge is 2.33. The first-order valence-electron chi connectivity index (χ1n) is 6.72. The highest BCUT2D eigenvalue weighted by molar-refractivity contribution is 5.75. The van der Waals surface area contributed by atoms with Crippen LogP contribution < -0.4 is 0 Å². The molecule has 110 valence electrons. The number of rotatable bonds is 4. The van der Waals surface area contributed by atoms with E-state index in [2.05, 4.69) is 0 Å². The fourth-order valence-electron chi connectivity index (χ4n) is 2.35. The van der Waals surface area contributed by atoms with Gasteiger partial charge < -0.3 is 19.8 Å². The number of carbonyl (C=O) groups is 2. The standard InChI is InChI=1S/C13H25N3O3/c1-10-9-11(12(17)18)5-6-16(10)13(19)15(4)8-7-14(2)3/h10-11H,5-9H2,1-4H3,(H,17,18). The van der Waals surface area contributed by atoms with Crippen molar-refractivity contribution in [1.29, 1.82) is 0 Å². The smallest absolute Gasteiger partial charge is 0.320 e. The van der Waals surface area contributed by atoms with E-state index < -0.39 is 5.97 Å². The average Bonchev–Trinajstić information content (AvgIpc) is 2.34. The number of amides is 2.